The monoisotopic (exact) mass is 433 g/mol. The van der Waals surface area contributed by atoms with Crippen LogP contribution in [0.15, 0.2) is 47.6 Å². The van der Waals surface area contributed by atoms with Gasteiger partial charge in [-0.3, -0.25) is 9.59 Å². The molecule has 160 valence electrons. The van der Waals surface area contributed by atoms with Crippen LogP contribution in [-0.4, -0.2) is 38.9 Å². The van der Waals surface area contributed by atoms with E-state index in [-0.39, 0.29) is 12.3 Å². The number of rotatable bonds is 9. The summed E-state index contributed by atoms with van der Waals surface area (Å²) in [6, 6.07) is 12.2. The Morgan fingerprint density at radius 2 is 1.73 bits per heavy atom. The molecule has 0 aromatic heterocycles. The molecule has 0 aliphatic heterocycles. The molecule has 0 spiro atoms. The molecule has 2 aromatic carbocycles. The second-order valence-electron chi connectivity index (χ2n) is 6.26. The lowest BCUT2D eigenvalue weighted by Gasteiger charge is -2.14. The van der Waals surface area contributed by atoms with Crippen LogP contribution in [0, 0.1) is 0 Å². The Kier molecular flexibility index (Phi) is 8.64. The first-order valence-electron chi connectivity index (χ1n) is 9.01. The molecule has 1 atom stereocenters. The maximum absolute atomic E-state index is 12.4. The van der Waals surface area contributed by atoms with Gasteiger partial charge in [-0.1, -0.05) is 41.9 Å². The second-order valence-corrected chi connectivity index (χ2v) is 6.67. The third-order valence-corrected chi connectivity index (χ3v) is 4.39. The van der Waals surface area contributed by atoms with Gasteiger partial charge in [-0.2, -0.15) is 5.10 Å². The predicted molar refractivity (Wildman–Crippen MR) is 115 cm³/mol. The molecule has 2 aromatic rings. The van der Waals surface area contributed by atoms with Crippen molar-refractivity contribution in [1.82, 2.24) is 5.43 Å². The summed E-state index contributed by atoms with van der Waals surface area (Å²) in [4.78, 5) is 24.7. The Morgan fingerprint density at radius 1 is 1.07 bits per heavy atom. The Balaban J connectivity index is 2.00. The molecule has 2 rings (SSSR count). The van der Waals surface area contributed by atoms with Crippen LogP contribution in [0.5, 0.6) is 11.5 Å². The van der Waals surface area contributed by atoms with Crippen molar-refractivity contribution < 1.29 is 23.8 Å². The minimum absolute atomic E-state index is 0.0443. The quantitative estimate of drug-likeness (QED) is 0.465. The number of benzene rings is 2. The topological polar surface area (TPSA) is 98.2 Å². The van der Waals surface area contributed by atoms with Gasteiger partial charge in [0.05, 0.1) is 31.4 Å². The van der Waals surface area contributed by atoms with Crippen LogP contribution in [0.25, 0.3) is 0 Å². The lowest BCUT2D eigenvalue weighted by Crippen LogP contribution is -2.28. The number of ether oxygens (including phenoxy) is 3. The molecule has 8 nitrogen and oxygen atoms in total. The third-order valence-electron chi connectivity index (χ3n) is 4.10. The standard InChI is InChI=1S/C21H24ClN3O5/c1-13(24-25-21(27)20(30-4)14-8-6-5-7-9-14)10-19(26)23-16-12-17(28-2)15(22)11-18(16)29-3/h5-9,11-12,20H,10H2,1-4H3,(H,23,26)(H,25,27)/b24-13-/t20-/m0/s1. The maximum Gasteiger partial charge on any atom is 0.273 e. The van der Waals surface area contributed by atoms with Crippen LogP contribution in [0.4, 0.5) is 5.69 Å². The Hall–Kier alpha value is -3.10. The summed E-state index contributed by atoms with van der Waals surface area (Å²) in [6.07, 6.45) is -0.848. The van der Waals surface area contributed by atoms with E-state index in [1.807, 2.05) is 18.2 Å². The average molecular weight is 434 g/mol. The van der Waals surface area contributed by atoms with Gasteiger partial charge in [0, 0.05) is 25.0 Å². The average Bonchev–Trinajstić information content (AvgIpc) is 2.74. The maximum atomic E-state index is 12.4. The summed E-state index contributed by atoms with van der Waals surface area (Å²) in [5, 5.41) is 7.07. The van der Waals surface area contributed by atoms with E-state index < -0.39 is 12.0 Å². The van der Waals surface area contributed by atoms with Crippen molar-refractivity contribution in [2.45, 2.75) is 19.4 Å². The zero-order valence-electron chi connectivity index (χ0n) is 17.2. The van der Waals surface area contributed by atoms with Crippen LogP contribution in [0.1, 0.15) is 25.0 Å². The highest BCUT2D eigenvalue weighted by molar-refractivity contribution is 6.32. The molecule has 0 fully saturated rings. The highest BCUT2D eigenvalue weighted by Gasteiger charge is 2.19. The van der Waals surface area contributed by atoms with Crippen LogP contribution in [-0.2, 0) is 14.3 Å². The van der Waals surface area contributed by atoms with Gasteiger partial charge < -0.3 is 19.5 Å². The van der Waals surface area contributed by atoms with E-state index in [0.29, 0.717) is 33.5 Å². The molecule has 30 heavy (non-hydrogen) atoms. The minimum Gasteiger partial charge on any atom is -0.495 e. The molecule has 0 unspecified atom stereocenters. The van der Waals surface area contributed by atoms with E-state index in [9.17, 15) is 9.59 Å². The normalized spacial score (nSPS) is 12.1. The van der Waals surface area contributed by atoms with Gasteiger partial charge in [0.25, 0.3) is 5.91 Å². The van der Waals surface area contributed by atoms with E-state index in [1.165, 1.54) is 21.3 Å². The Labute approximate surface area is 180 Å². The van der Waals surface area contributed by atoms with E-state index >= 15 is 0 Å². The van der Waals surface area contributed by atoms with E-state index in [1.54, 1.807) is 31.2 Å². The lowest BCUT2D eigenvalue weighted by molar-refractivity contribution is -0.131. The van der Waals surface area contributed by atoms with Crippen molar-refractivity contribution in [2.24, 2.45) is 5.10 Å². The summed E-state index contributed by atoms with van der Waals surface area (Å²) >= 11 is 6.07. The molecule has 0 saturated heterocycles. The highest BCUT2D eigenvalue weighted by Crippen LogP contribution is 2.35. The number of methoxy groups -OCH3 is 3. The van der Waals surface area contributed by atoms with Crippen molar-refractivity contribution in [1.29, 1.82) is 0 Å². The first-order chi connectivity index (χ1) is 14.4. The molecule has 0 radical (unpaired) electrons. The number of hydrazone groups is 1. The number of hydrogen-bond donors (Lipinski definition) is 2. The molecular weight excluding hydrogens is 410 g/mol. The van der Waals surface area contributed by atoms with Crippen molar-refractivity contribution in [3.05, 3.63) is 53.1 Å². The van der Waals surface area contributed by atoms with E-state index in [4.69, 9.17) is 25.8 Å². The predicted octanol–water partition coefficient (Wildman–Crippen LogP) is 3.57. The summed E-state index contributed by atoms with van der Waals surface area (Å²) in [7, 11) is 4.38. The van der Waals surface area contributed by atoms with Gasteiger partial charge in [-0.05, 0) is 12.5 Å². The van der Waals surface area contributed by atoms with Crippen molar-refractivity contribution >= 4 is 34.8 Å². The molecule has 0 heterocycles. The molecular formula is C21H24ClN3O5. The van der Waals surface area contributed by atoms with E-state index in [2.05, 4.69) is 15.8 Å². The fourth-order valence-corrected chi connectivity index (χ4v) is 2.89. The summed E-state index contributed by atoms with van der Waals surface area (Å²) in [5.74, 6) is 0.00636. The van der Waals surface area contributed by atoms with Gasteiger partial charge in [0.2, 0.25) is 5.91 Å². The van der Waals surface area contributed by atoms with Crippen LogP contribution >= 0.6 is 11.6 Å². The Bertz CT molecular complexity index is 918. The van der Waals surface area contributed by atoms with Crippen LogP contribution in [0.2, 0.25) is 5.02 Å². The van der Waals surface area contributed by atoms with E-state index in [0.717, 1.165) is 0 Å². The highest BCUT2D eigenvalue weighted by atomic mass is 35.5. The van der Waals surface area contributed by atoms with Crippen LogP contribution in [0.3, 0.4) is 0 Å². The third kappa shape index (κ3) is 6.20. The Morgan fingerprint density at radius 3 is 2.33 bits per heavy atom. The number of amides is 2. The molecule has 2 N–H and O–H groups in total. The number of nitrogens with zero attached hydrogens (tertiary/aromatic N) is 1. The SMILES string of the molecule is COc1cc(NC(=O)C/C(C)=N\NC(=O)[C@@H](OC)c2ccccc2)c(OC)cc1Cl. The largest absolute Gasteiger partial charge is 0.495 e. The summed E-state index contributed by atoms with van der Waals surface area (Å²) < 4.78 is 15.6. The minimum atomic E-state index is -0.803. The molecule has 0 saturated carbocycles. The number of halogens is 1. The van der Waals surface area contributed by atoms with Crippen molar-refractivity contribution in [2.75, 3.05) is 26.6 Å². The first kappa shape index (κ1) is 23.2. The van der Waals surface area contributed by atoms with Crippen molar-refractivity contribution in [3.63, 3.8) is 0 Å². The molecule has 0 aliphatic carbocycles. The zero-order chi connectivity index (χ0) is 22.1. The number of hydrogen-bond acceptors (Lipinski definition) is 6. The van der Waals surface area contributed by atoms with Gasteiger partial charge in [0.1, 0.15) is 11.5 Å². The van der Waals surface area contributed by atoms with Gasteiger partial charge >= 0.3 is 0 Å². The van der Waals surface area contributed by atoms with Gasteiger partial charge in [-0.25, -0.2) is 5.43 Å². The number of carbonyl (C=O) groups is 2. The summed E-state index contributed by atoms with van der Waals surface area (Å²) in [6.45, 7) is 1.63. The molecule has 9 heteroatoms. The zero-order valence-corrected chi connectivity index (χ0v) is 17.9. The number of carbonyl (C=O) groups excluding carboxylic acids is 2. The fraction of sp³-hybridized carbons (Fsp3) is 0.286. The van der Waals surface area contributed by atoms with Gasteiger partial charge in [-0.15, -0.1) is 0 Å². The lowest BCUT2D eigenvalue weighted by atomic mass is 10.1. The summed E-state index contributed by atoms with van der Waals surface area (Å²) in [5.41, 5.74) is 3.94. The molecule has 0 bridgehead atoms. The number of nitrogens with one attached hydrogen (secondary N) is 2. The molecule has 2 amide bonds. The van der Waals surface area contributed by atoms with Crippen molar-refractivity contribution in [3.8, 4) is 11.5 Å². The van der Waals surface area contributed by atoms with Gasteiger partial charge in [0.15, 0.2) is 6.10 Å². The fourth-order valence-electron chi connectivity index (χ4n) is 2.66. The second kappa shape index (κ2) is 11.2. The molecule has 0 aliphatic rings. The van der Waals surface area contributed by atoms with Crippen LogP contribution < -0.4 is 20.2 Å². The number of anilines is 1. The first-order valence-corrected chi connectivity index (χ1v) is 9.39. The smallest absolute Gasteiger partial charge is 0.273 e.